The highest BCUT2D eigenvalue weighted by atomic mass is 16.7. The third-order valence-electron chi connectivity index (χ3n) is 9.29. The molecular formula is C30H37N3O6. The van der Waals surface area contributed by atoms with E-state index in [9.17, 15) is 14.7 Å². The molecule has 1 spiro atoms. The Morgan fingerprint density at radius 3 is 2.85 bits per heavy atom. The highest BCUT2D eigenvalue weighted by molar-refractivity contribution is 5.89. The molecule has 2 fully saturated rings. The summed E-state index contributed by atoms with van der Waals surface area (Å²) in [5, 5.41) is 11.8. The molecule has 5 aliphatic rings. The van der Waals surface area contributed by atoms with Crippen LogP contribution in [0.4, 0.5) is 4.79 Å². The molecule has 3 aliphatic heterocycles. The number of amides is 2. The van der Waals surface area contributed by atoms with Crippen molar-refractivity contribution in [2.75, 3.05) is 20.3 Å². The summed E-state index contributed by atoms with van der Waals surface area (Å²) < 4.78 is 12.4. The van der Waals surface area contributed by atoms with Crippen LogP contribution in [-0.2, 0) is 25.5 Å². The van der Waals surface area contributed by atoms with Crippen LogP contribution in [0.5, 0.6) is 0 Å². The molecule has 9 nitrogen and oxygen atoms in total. The van der Waals surface area contributed by atoms with Crippen LogP contribution >= 0.6 is 0 Å². The van der Waals surface area contributed by atoms with Gasteiger partial charge in [-0.05, 0) is 55.6 Å². The Kier molecular flexibility index (Phi) is 6.75. The molecule has 1 saturated carbocycles. The van der Waals surface area contributed by atoms with Gasteiger partial charge in [-0.1, -0.05) is 37.3 Å². The number of carbonyl (C=O) groups excluding carboxylic acids is 1. The van der Waals surface area contributed by atoms with Crippen molar-refractivity contribution in [1.82, 2.24) is 9.96 Å². The Morgan fingerprint density at radius 2 is 2.08 bits per heavy atom. The lowest BCUT2D eigenvalue weighted by Gasteiger charge is -2.44. The van der Waals surface area contributed by atoms with Gasteiger partial charge in [0.1, 0.15) is 11.9 Å². The van der Waals surface area contributed by atoms with Gasteiger partial charge in [0.05, 0.1) is 13.2 Å². The van der Waals surface area contributed by atoms with E-state index in [1.165, 1.54) is 22.6 Å². The summed E-state index contributed by atoms with van der Waals surface area (Å²) in [4.78, 5) is 38.2. The summed E-state index contributed by atoms with van der Waals surface area (Å²) in [5.41, 5.74) is 1.60. The molecule has 6 rings (SSSR count). The molecule has 2 amide bonds. The van der Waals surface area contributed by atoms with Crippen molar-refractivity contribution in [2.45, 2.75) is 76.2 Å². The Labute approximate surface area is 229 Å². The molecule has 0 aromatic heterocycles. The first kappa shape index (κ1) is 26.1. The van der Waals surface area contributed by atoms with Gasteiger partial charge in [0.25, 0.3) is 5.91 Å². The SMILES string of the molecule is CO[C@]1(N(C(=O)O)[C@@H]2CC3=CN=CCC45CC(C)CC[C@H]4OC(=C35)C2)CCN(OCCc2ccccc2)C1=O. The van der Waals surface area contributed by atoms with E-state index < -0.39 is 23.8 Å². The van der Waals surface area contributed by atoms with Gasteiger partial charge in [-0.3, -0.25) is 19.5 Å². The number of hydrogen-bond acceptors (Lipinski definition) is 6. The van der Waals surface area contributed by atoms with E-state index in [2.05, 4.69) is 11.9 Å². The summed E-state index contributed by atoms with van der Waals surface area (Å²) in [6, 6.07) is 9.36. The Bertz CT molecular complexity index is 1230. The lowest BCUT2D eigenvalue weighted by molar-refractivity contribution is -0.201. The highest BCUT2D eigenvalue weighted by Gasteiger charge is 2.60. The maximum atomic E-state index is 13.7. The molecule has 1 aromatic carbocycles. The summed E-state index contributed by atoms with van der Waals surface area (Å²) in [6.45, 7) is 2.86. The predicted octanol–water partition coefficient (Wildman–Crippen LogP) is 4.70. The van der Waals surface area contributed by atoms with Gasteiger partial charge in [0, 0.05) is 49.4 Å². The van der Waals surface area contributed by atoms with Crippen molar-refractivity contribution in [2.24, 2.45) is 16.3 Å². The number of hydroxylamine groups is 2. The third kappa shape index (κ3) is 4.26. The highest BCUT2D eigenvalue weighted by Crippen LogP contribution is 2.60. The van der Waals surface area contributed by atoms with E-state index in [4.69, 9.17) is 14.3 Å². The van der Waals surface area contributed by atoms with E-state index >= 15 is 0 Å². The molecule has 3 heterocycles. The maximum absolute atomic E-state index is 13.7. The van der Waals surface area contributed by atoms with Crippen molar-refractivity contribution in [3.05, 3.63) is 59.0 Å². The van der Waals surface area contributed by atoms with Crippen molar-refractivity contribution in [1.29, 1.82) is 0 Å². The Morgan fingerprint density at radius 1 is 1.26 bits per heavy atom. The van der Waals surface area contributed by atoms with Crippen LogP contribution < -0.4 is 0 Å². The number of aliphatic imine (C=N–C) groups is 1. The Hall–Kier alpha value is -3.17. The van der Waals surface area contributed by atoms with Crippen LogP contribution in [0.25, 0.3) is 0 Å². The van der Waals surface area contributed by atoms with Crippen LogP contribution in [-0.4, -0.2) is 71.4 Å². The van der Waals surface area contributed by atoms with Crippen LogP contribution in [0, 0.1) is 11.3 Å². The number of rotatable bonds is 7. The zero-order chi connectivity index (χ0) is 27.2. The maximum Gasteiger partial charge on any atom is 0.410 e. The van der Waals surface area contributed by atoms with E-state index in [1.54, 1.807) is 0 Å². The number of benzene rings is 1. The monoisotopic (exact) mass is 535 g/mol. The quantitative estimate of drug-likeness (QED) is 0.508. The minimum Gasteiger partial charge on any atom is -0.493 e. The summed E-state index contributed by atoms with van der Waals surface area (Å²) in [5.74, 6) is 0.971. The lowest BCUT2D eigenvalue weighted by Crippen LogP contribution is -2.61. The minimum atomic E-state index is -1.66. The van der Waals surface area contributed by atoms with Crippen LogP contribution in [0.15, 0.2) is 58.4 Å². The Balaban J connectivity index is 1.25. The van der Waals surface area contributed by atoms with Gasteiger partial charge in [0.15, 0.2) is 0 Å². The fraction of sp³-hybridized carbons (Fsp3) is 0.567. The zero-order valence-electron chi connectivity index (χ0n) is 22.7. The van der Waals surface area contributed by atoms with Gasteiger partial charge in [-0.25, -0.2) is 9.86 Å². The van der Waals surface area contributed by atoms with Crippen molar-refractivity contribution in [3.8, 4) is 0 Å². The van der Waals surface area contributed by atoms with Gasteiger partial charge >= 0.3 is 6.09 Å². The molecule has 39 heavy (non-hydrogen) atoms. The second kappa shape index (κ2) is 10.1. The summed E-state index contributed by atoms with van der Waals surface area (Å²) in [7, 11) is 1.40. The van der Waals surface area contributed by atoms with Crippen LogP contribution in [0.1, 0.15) is 57.4 Å². The number of hydrogen-bond donors (Lipinski definition) is 1. The second-order valence-electron chi connectivity index (χ2n) is 11.6. The van der Waals surface area contributed by atoms with E-state index in [0.717, 1.165) is 42.6 Å². The van der Waals surface area contributed by atoms with Crippen molar-refractivity contribution in [3.63, 3.8) is 0 Å². The molecule has 1 N–H and O–H groups in total. The molecule has 0 bridgehead atoms. The lowest BCUT2D eigenvalue weighted by atomic mass is 9.61. The molecule has 0 radical (unpaired) electrons. The topological polar surface area (TPSA) is 101 Å². The number of methoxy groups -OCH3 is 1. The molecule has 2 aliphatic carbocycles. The van der Waals surface area contributed by atoms with Gasteiger partial charge in [-0.2, -0.15) is 0 Å². The van der Waals surface area contributed by atoms with Crippen molar-refractivity contribution < 1.29 is 29.0 Å². The first-order valence-corrected chi connectivity index (χ1v) is 14.1. The van der Waals surface area contributed by atoms with E-state index in [-0.39, 0.29) is 24.5 Å². The standard InChI is InChI=1S/C30H37N3O6/c1-20-8-9-25-29(18-20)11-13-31-19-22-16-23(17-24(39-25)26(22)29)33(28(35)36)30(37-2)12-14-32(27(30)34)38-15-10-21-6-4-3-5-7-21/h3-7,13,19-20,23,25H,8-12,14-18H2,1-2H3,(H,35,36)/t20?,23-,25-,29?,30-/m1/s1. The minimum absolute atomic E-state index is 0.0849. The molecule has 1 aromatic rings. The number of carboxylic acid groups (broad SMARTS) is 1. The fourth-order valence-corrected chi connectivity index (χ4v) is 7.59. The normalized spacial score (nSPS) is 33.3. The largest absolute Gasteiger partial charge is 0.493 e. The first-order valence-electron chi connectivity index (χ1n) is 14.1. The second-order valence-corrected chi connectivity index (χ2v) is 11.6. The number of nitrogens with zero attached hydrogens (tertiary/aromatic N) is 3. The third-order valence-corrected chi connectivity index (χ3v) is 9.29. The average Bonchev–Trinajstić information content (AvgIpc) is 3.34. The molecule has 1 saturated heterocycles. The molecule has 208 valence electrons. The average molecular weight is 536 g/mol. The number of ether oxygens (including phenoxy) is 2. The van der Waals surface area contributed by atoms with Crippen LogP contribution in [0.2, 0.25) is 0 Å². The zero-order valence-corrected chi connectivity index (χ0v) is 22.7. The van der Waals surface area contributed by atoms with Gasteiger partial charge < -0.3 is 14.6 Å². The summed E-state index contributed by atoms with van der Waals surface area (Å²) >= 11 is 0. The summed E-state index contributed by atoms with van der Waals surface area (Å²) in [6.07, 6.45) is 8.44. The van der Waals surface area contributed by atoms with Gasteiger partial charge in [0.2, 0.25) is 5.72 Å². The van der Waals surface area contributed by atoms with E-state index in [0.29, 0.717) is 31.8 Å². The van der Waals surface area contributed by atoms with Crippen molar-refractivity contribution >= 4 is 18.2 Å². The molecular weight excluding hydrogens is 498 g/mol. The fourth-order valence-electron chi connectivity index (χ4n) is 7.59. The van der Waals surface area contributed by atoms with E-state index in [1.807, 2.05) is 42.7 Å². The molecule has 2 unspecified atom stereocenters. The smallest absolute Gasteiger partial charge is 0.410 e. The molecule has 9 heteroatoms. The van der Waals surface area contributed by atoms with Gasteiger partial charge in [-0.15, -0.1) is 0 Å². The predicted molar refractivity (Wildman–Crippen MR) is 144 cm³/mol. The van der Waals surface area contributed by atoms with Crippen LogP contribution in [0.3, 0.4) is 0 Å². The number of carbonyl (C=O) groups is 2. The first-order chi connectivity index (χ1) is 18.9. The molecule has 5 atom stereocenters.